The summed E-state index contributed by atoms with van der Waals surface area (Å²) < 4.78 is 23.0. The molecule has 37 heavy (non-hydrogen) atoms. The van der Waals surface area contributed by atoms with Crippen LogP contribution < -0.4 is 14.8 Å². The Balaban J connectivity index is 1.70. The second kappa shape index (κ2) is 12.4. The highest BCUT2D eigenvalue weighted by Gasteiger charge is 2.46. The van der Waals surface area contributed by atoms with Gasteiger partial charge in [0, 0.05) is 38.3 Å². The Labute approximate surface area is 219 Å². The van der Waals surface area contributed by atoms with Crippen molar-refractivity contribution < 1.29 is 28.5 Å². The highest BCUT2D eigenvalue weighted by Crippen LogP contribution is 2.48. The molecule has 0 bridgehead atoms. The summed E-state index contributed by atoms with van der Waals surface area (Å²) in [6, 6.07) is 11.0. The van der Waals surface area contributed by atoms with Gasteiger partial charge in [-0.2, -0.15) is 0 Å². The van der Waals surface area contributed by atoms with Gasteiger partial charge in [0.25, 0.3) is 5.91 Å². The Morgan fingerprint density at radius 3 is 2.32 bits per heavy atom. The molecule has 0 radical (unpaired) electrons. The molecular formula is C29H38N2O6. The maximum atomic E-state index is 13.8. The summed E-state index contributed by atoms with van der Waals surface area (Å²) in [4.78, 5) is 29.2. The summed E-state index contributed by atoms with van der Waals surface area (Å²) >= 11 is 0. The van der Waals surface area contributed by atoms with Gasteiger partial charge in [0.1, 0.15) is 0 Å². The average molecular weight is 511 g/mol. The topological polar surface area (TPSA) is 86.3 Å². The fourth-order valence-electron chi connectivity index (χ4n) is 5.36. The fourth-order valence-corrected chi connectivity index (χ4v) is 5.36. The van der Waals surface area contributed by atoms with E-state index in [1.807, 2.05) is 69.0 Å². The molecule has 2 atom stereocenters. The normalized spacial score (nSPS) is 18.2. The van der Waals surface area contributed by atoms with E-state index in [9.17, 15) is 9.59 Å². The van der Waals surface area contributed by atoms with Gasteiger partial charge in [-0.25, -0.2) is 0 Å². The van der Waals surface area contributed by atoms with E-state index in [1.54, 1.807) is 0 Å². The lowest BCUT2D eigenvalue weighted by atomic mass is 9.75. The number of carbonyl (C=O) groups excluding carboxylic acids is 2. The molecule has 8 heteroatoms. The van der Waals surface area contributed by atoms with E-state index in [2.05, 4.69) is 5.32 Å². The van der Waals surface area contributed by atoms with Crippen LogP contribution >= 0.6 is 0 Å². The van der Waals surface area contributed by atoms with E-state index in [0.29, 0.717) is 69.4 Å². The zero-order chi connectivity index (χ0) is 26.4. The molecule has 0 saturated carbocycles. The molecular weight excluding hydrogens is 472 g/mol. The smallest absolute Gasteiger partial charge is 0.254 e. The molecule has 0 spiro atoms. The van der Waals surface area contributed by atoms with Crippen molar-refractivity contribution in [3.63, 3.8) is 0 Å². The van der Waals surface area contributed by atoms with Gasteiger partial charge in [-0.15, -0.1) is 0 Å². The predicted octanol–water partition coefficient (Wildman–Crippen LogP) is 4.23. The summed E-state index contributed by atoms with van der Waals surface area (Å²) in [5, 5.41) is 3.10. The van der Waals surface area contributed by atoms with Gasteiger partial charge in [-0.05, 0) is 69.0 Å². The van der Waals surface area contributed by atoms with Crippen molar-refractivity contribution in [2.24, 2.45) is 0 Å². The summed E-state index contributed by atoms with van der Waals surface area (Å²) in [5.74, 6) is 0.596. The van der Waals surface area contributed by atoms with Crippen molar-refractivity contribution in [3.05, 3.63) is 58.7 Å². The van der Waals surface area contributed by atoms with Gasteiger partial charge >= 0.3 is 0 Å². The fraction of sp³-hybridized carbons (Fsp3) is 0.517. The van der Waals surface area contributed by atoms with Crippen molar-refractivity contribution in [1.29, 1.82) is 0 Å². The first-order valence-corrected chi connectivity index (χ1v) is 13.4. The van der Waals surface area contributed by atoms with Crippen LogP contribution in [0.5, 0.6) is 11.5 Å². The first kappa shape index (κ1) is 26.9. The predicted molar refractivity (Wildman–Crippen MR) is 140 cm³/mol. The third-order valence-electron chi connectivity index (χ3n) is 6.85. The number of amides is 2. The number of rotatable bonds is 12. The van der Waals surface area contributed by atoms with Crippen LogP contribution in [0.25, 0.3) is 0 Å². The summed E-state index contributed by atoms with van der Waals surface area (Å²) in [5.41, 5.74) is 3.34. The molecule has 2 aliphatic rings. The maximum absolute atomic E-state index is 13.8. The number of nitrogens with zero attached hydrogens (tertiary/aromatic N) is 1. The average Bonchev–Trinajstić information content (AvgIpc) is 2.90. The van der Waals surface area contributed by atoms with Gasteiger partial charge in [0.05, 0.1) is 25.2 Å². The molecule has 0 aliphatic carbocycles. The Bertz CT molecular complexity index is 1100. The number of benzene rings is 2. The molecule has 4 rings (SSSR count). The Morgan fingerprint density at radius 1 is 0.973 bits per heavy atom. The van der Waals surface area contributed by atoms with E-state index in [0.717, 1.165) is 16.7 Å². The minimum atomic E-state index is -0.557. The van der Waals surface area contributed by atoms with Gasteiger partial charge in [-0.1, -0.05) is 18.2 Å². The van der Waals surface area contributed by atoms with Crippen LogP contribution in [0.4, 0.5) is 0 Å². The van der Waals surface area contributed by atoms with Gasteiger partial charge in [0.2, 0.25) is 5.91 Å². The van der Waals surface area contributed by atoms with E-state index in [1.165, 1.54) is 0 Å². The van der Waals surface area contributed by atoms with Crippen LogP contribution in [0.3, 0.4) is 0 Å². The van der Waals surface area contributed by atoms with E-state index >= 15 is 0 Å². The van der Waals surface area contributed by atoms with Crippen molar-refractivity contribution in [2.75, 3.05) is 39.5 Å². The molecule has 1 N–H and O–H groups in total. The molecule has 0 aromatic heterocycles. The lowest BCUT2D eigenvalue weighted by Crippen LogP contribution is -2.50. The third kappa shape index (κ3) is 5.60. The second-order valence-corrected chi connectivity index (χ2v) is 9.04. The maximum Gasteiger partial charge on any atom is 0.254 e. The van der Waals surface area contributed by atoms with E-state index in [4.69, 9.17) is 18.9 Å². The molecule has 2 amide bonds. The largest absolute Gasteiger partial charge is 0.490 e. The second-order valence-electron chi connectivity index (χ2n) is 9.04. The van der Waals surface area contributed by atoms with E-state index in [-0.39, 0.29) is 18.1 Å². The molecule has 200 valence electrons. The Kier molecular flexibility index (Phi) is 9.05. The van der Waals surface area contributed by atoms with Gasteiger partial charge in [0.15, 0.2) is 17.8 Å². The monoisotopic (exact) mass is 510 g/mol. The van der Waals surface area contributed by atoms with Crippen LogP contribution in [0, 0.1) is 0 Å². The molecule has 2 aromatic rings. The molecule has 0 fully saturated rings. The number of nitrogens with one attached hydrogen (secondary N) is 1. The van der Waals surface area contributed by atoms with E-state index < -0.39 is 12.0 Å². The molecule has 2 aliphatic heterocycles. The highest BCUT2D eigenvalue weighted by molar-refractivity contribution is 6.01. The summed E-state index contributed by atoms with van der Waals surface area (Å²) in [6.45, 7) is 10.7. The van der Waals surface area contributed by atoms with Gasteiger partial charge in [-0.3, -0.25) is 9.59 Å². The summed E-state index contributed by atoms with van der Waals surface area (Å²) in [6.07, 6.45) is 0.858. The number of ether oxygens (including phenoxy) is 4. The summed E-state index contributed by atoms with van der Waals surface area (Å²) in [7, 11) is 0. The standard InChI is InChI=1S/C29H38N2O6/c1-5-34-23-17-19-14-16-31-27(22(19)18-24(23)35-6-2)26(20-11-9-10-12-21(20)29(31)33)28(32)30-15-13-25(36-7-3)37-8-4/h9-12,17-18,25-27H,5-8,13-16H2,1-4H3,(H,30,32)/t26-,27+/m0/s1. The first-order chi connectivity index (χ1) is 18.0. The number of hydrogen-bond acceptors (Lipinski definition) is 6. The van der Waals surface area contributed by atoms with Crippen LogP contribution in [0.1, 0.15) is 73.1 Å². The van der Waals surface area contributed by atoms with Crippen LogP contribution in [-0.4, -0.2) is 62.5 Å². The Morgan fingerprint density at radius 2 is 1.65 bits per heavy atom. The minimum Gasteiger partial charge on any atom is -0.490 e. The Hall–Kier alpha value is -3.10. The quantitative estimate of drug-likeness (QED) is 0.430. The lowest BCUT2D eigenvalue weighted by molar-refractivity contribution is -0.140. The van der Waals surface area contributed by atoms with Crippen LogP contribution in [-0.2, 0) is 20.7 Å². The van der Waals surface area contributed by atoms with Crippen molar-refractivity contribution in [2.45, 2.75) is 58.8 Å². The zero-order valence-corrected chi connectivity index (χ0v) is 22.2. The number of carbonyl (C=O) groups is 2. The molecule has 0 saturated heterocycles. The van der Waals surface area contributed by atoms with Crippen molar-refractivity contribution in [1.82, 2.24) is 10.2 Å². The van der Waals surface area contributed by atoms with Gasteiger partial charge < -0.3 is 29.2 Å². The molecule has 2 aromatic carbocycles. The third-order valence-corrected chi connectivity index (χ3v) is 6.85. The molecule has 0 unspecified atom stereocenters. The number of fused-ring (bicyclic) bond motifs is 4. The SMILES string of the molecule is CCOc1cc2c(cc1OCC)[C@@H]1[C@@H](C(=O)NCCC(OCC)OCC)c3ccccc3C(=O)N1CC2. The molecule has 2 heterocycles. The zero-order valence-electron chi connectivity index (χ0n) is 22.2. The number of hydrogen-bond donors (Lipinski definition) is 1. The first-order valence-electron chi connectivity index (χ1n) is 13.4. The minimum absolute atomic E-state index is 0.0464. The lowest BCUT2D eigenvalue weighted by Gasteiger charge is -2.45. The highest BCUT2D eigenvalue weighted by atomic mass is 16.7. The van der Waals surface area contributed by atoms with Crippen LogP contribution in [0.15, 0.2) is 36.4 Å². The van der Waals surface area contributed by atoms with Crippen LogP contribution in [0.2, 0.25) is 0 Å². The van der Waals surface area contributed by atoms with Crippen molar-refractivity contribution >= 4 is 11.8 Å². The van der Waals surface area contributed by atoms with Crippen molar-refractivity contribution in [3.8, 4) is 11.5 Å². The molecule has 8 nitrogen and oxygen atoms in total.